The number of nitriles is 1. The first-order chi connectivity index (χ1) is 13.7. The zero-order valence-electron chi connectivity index (χ0n) is 15.9. The number of hydrogen-bond acceptors (Lipinski definition) is 5. The highest BCUT2D eigenvalue weighted by Crippen LogP contribution is 2.48. The molecule has 29 heavy (non-hydrogen) atoms. The van der Waals surface area contributed by atoms with E-state index in [0.29, 0.717) is 51.3 Å². The fraction of sp³-hybridized carbons (Fsp3) is 0.273. The summed E-state index contributed by atoms with van der Waals surface area (Å²) < 4.78 is 11.7. The molecule has 2 N–H and O–H groups in total. The zero-order chi connectivity index (χ0) is 20.9. The Bertz CT molecular complexity index is 1140. The third kappa shape index (κ3) is 3.33. The Morgan fingerprint density at radius 2 is 1.97 bits per heavy atom. The maximum atomic E-state index is 13.0. The fourth-order valence-electron chi connectivity index (χ4n) is 3.92. The molecule has 1 aliphatic heterocycles. The van der Waals surface area contributed by atoms with Crippen molar-refractivity contribution in [2.24, 2.45) is 11.1 Å². The largest absolute Gasteiger partial charge is 0.460 e. The van der Waals surface area contributed by atoms with Crippen molar-refractivity contribution in [3.05, 3.63) is 68.9 Å². The van der Waals surface area contributed by atoms with Crippen molar-refractivity contribution < 1.29 is 13.9 Å². The minimum Gasteiger partial charge on any atom is -0.460 e. The molecule has 1 aromatic heterocycles. The van der Waals surface area contributed by atoms with Crippen LogP contribution in [0.1, 0.15) is 38.4 Å². The van der Waals surface area contributed by atoms with E-state index in [0.717, 1.165) is 0 Å². The SMILES string of the molecule is CC1(C)CC(=O)C2=C(C1)OC(N)=C(C#N)[C@H]2c1ccc(-c2cccc(Cl)c2Cl)o1. The predicted molar refractivity (Wildman–Crippen MR) is 110 cm³/mol. The molecule has 7 heteroatoms. The van der Waals surface area contributed by atoms with E-state index in [1.54, 1.807) is 30.3 Å². The van der Waals surface area contributed by atoms with Gasteiger partial charge in [0, 0.05) is 24.0 Å². The molecule has 0 fully saturated rings. The summed E-state index contributed by atoms with van der Waals surface area (Å²) in [5.41, 5.74) is 7.01. The lowest BCUT2D eigenvalue weighted by Gasteiger charge is -2.36. The molecule has 1 atom stereocenters. The number of ether oxygens (including phenoxy) is 1. The number of hydrogen-bond donors (Lipinski definition) is 1. The molecule has 0 radical (unpaired) electrons. The van der Waals surface area contributed by atoms with Crippen LogP contribution < -0.4 is 5.73 Å². The molecule has 4 rings (SSSR count). The molecule has 1 aromatic carbocycles. The first-order valence-electron chi connectivity index (χ1n) is 9.10. The quantitative estimate of drug-likeness (QED) is 0.661. The topological polar surface area (TPSA) is 89.2 Å². The Kier molecular flexibility index (Phi) is 4.72. The van der Waals surface area contributed by atoms with Crippen LogP contribution in [-0.4, -0.2) is 5.78 Å². The minimum atomic E-state index is -0.709. The van der Waals surface area contributed by atoms with Gasteiger partial charge in [-0.2, -0.15) is 5.26 Å². The van der Waals surface area contributed by atoms with E-state index >= 15 is 0 Å². The highest BCUT2D eigenvalue weighted by Gasteiger charge is 2.44. The Morgan fingerprint density at radius 3 is 2.69 bits per heavy atom. The summed E-state index contributed by atoms with van der Waals surface area (Å²) in [5.74, 6) is 0.645. The third-order valence-electron chi connectivity index (χ3n) is 5.20. The summed E-state index contributed by atoms with van der Waals surface area (Å²) in [7, 11) is 0. The molecule has 0 bridgehead atoms. The number of rotatable bonds is 2. The molecular formula is C22H18Cl2N2O3. The van der Waals surface area contributed by atoms with Crippen LogP contribution in [0.3, 0.4) is 0 Å². The van der Waals surface area contributed by atoms with Gasteiger partial charge in [0.15, 0.2) is 5.78 Å². The molecule has 5 nitrogen and oxygen atoms in total. The molecule has 1 aliphatic carbocycles. The summed E-state index contributed by atoms with van der Waals surface area (Å²) in [5, 5.41) is 10.5. The third-order valence-corrected chi connectivity index (χ3v) is 6.02. The standard InChI is InChI=1S/C22H18Cl2N2O3/c1-22(2)8-14(27)19-17(9-22)29-21(26)12(10-25)18(19)16-7-6-15(28-16)11-4-3-5-13(23)20(11)24/h3-7,18H,8-9,26H2,1-2H3/t18-/m0/s1. The summed E-state index contributed by atoms with van der Waals surface area (Å²) in [4.78, 5) is 13.0. The van der Waals surface area contributed by atoms with Crippen LogP contribution in [-0.2, 0) is 9.53 Å². The van der Waals surface area contributed by atoms with Gasteiger partial charge in [0.2, 0.25) is 5.88 Å². The van der Waals surface area contributed by atoms with E-state index in [1.165, 1.54) is 0 Å². The van der Waals surface area contributed by atoms with Gasteiger partial charge in [-0.3, -0.25) is 4.79 Å². The van der Waals surface area contributed by atoms with Crippen LogP contribution in [0.2, 0.25) is 10.0 Å². The number of benzene rings is 1. The van der Waals surface area contributed by atoms with Crippen LogP contribution in [0.5, 0.6) is 0 Å². The first kappa shape index (κ1) is 19.6. The second kappa shape index (κ2) is 6.98. The second-order valence-electron chi connectivity index (χ2n) is 8.01. The maximum Gasteiger partial charge on any atom is 0.205 e. The number of carbonyl (C=O) groups is 1. The van der Waals surface area contributed by atoms with Crippen LogP contribution in [0.25, 0.3) is 11.3 Å². The lowest BCUT2D eigenvalue weighted by atomic mass is 9.71. The Balaban J connectivity index is 1.84. The van der Waals surface area contributed by atoms with Gasteiger partial charge >= 0.3 is 0 Å². The van der Waals surface area contributed by atoms with Crippen molar-refractivity contribution in [1.29, 1.82) is 5.26 Å². The summed E-state index contributed by atoms with van der Waals surface area (Å²) >= 11 is 12.4. The van der Waals surface area contributed by atoms with E-state index in [2.05, 4.69) is 6.07 Å². The Morgan fingerprint density at radius 1 is 1.21 bits per heavy atom. The van der Waals surface area contributed by atoms with E-state index in [4.69, 9.17) is 38.1 Å². The average Bonchev–Trinajstić information content (AvgIpc) is 3.11. The van der Waals surface area contributed by atoms with Gasteiger partial charge in [-0.05, 0) is 29.7 Å². The summed E-state index contributed by atoms with van der Waals surface area (Å²) in [6.45, 7) is 4.00. The zero-order valence-corrected chi connectivity index (χ0v) is 17.4. The molecule has 0 spiro atoms. The van der Waals surface area contributed by atoms with Crippen molar-refractivity contribution in [2.45, 2.75) is 32.6 Å². The normalized spacial score (nSPS) is 20.9. The van der Waals surface area contributed by atoms with Gasteiger partial charge in [0.1, 0.15) is 28.9 Å². The Labute approximate surface area is 178 Å². The lowest BCUT2D eigenvalue weighted by molar-refractivity contribution is -0.119. The number of ketones is 1. The predicted octanol–water partition coefficient (Wildman–Crippen LogP) is 5.70. The maximum absolute atomic E-state index is 13.0. The van der Waals surface area contributed by atoms with E-state index in [-0.39, 0.29) is 22.7 Å². The van der Waals surface area contributed by atoms with Crippen molar-refractivity contribution in [1.82, 2.24) is 0 Å². The van der Waals surface area contributed by atoms with E-state index in [9.17, 15) is 10.1 Å². The van der Waals surface area contributed by atoms with Gasteiger partial charge in [0.25, 0.3) is 0 Å². The van der Waals surface area contributed by atoms with Crippen molar-refractivity contribution in [3.8, 4) is 17.4 Å². The monoisotopic (exact) mass is 428 g/mol. The molecule has 0 saturated carbocycles. The molecule has 0 unspecified atom stereocenters. The molecule has 2 aliphatic rings. The number of halogens is 2. The molecule has 0 saturated heterocycles. The molecule has 2 heterocycles. The van der Waals surface area contributed by atoms with Crippen molar-refractivity contribution in [3.63, 3.8) is 0 Å². The van der Waals surface area contributed by atoms with E-state index in [1.807, 2.05) is 13.8 Å². The first-order valence-corrected chi connectivity index (χ1v) is 9.85. The number of nitrogens with two attached hydrogens (primary N) is 1. The smallest absolute Gasteiger partial charge is 0.205 e. The average molecular weight is 429 g/mol. The number of allylic oxidation sites excluding steroid dienone is 3. The van der Waals surface area contributed by atoms with Crippen LogP contribution in [0.4, 0.5) is 0 Å². The number of furan rings is 1. The van der Waals surface area contributed by atoms with E-state index < -0.39 is 5.92 Å². The number of Topliss-reactive ketones (excluding diaryl/α,β-unsaturated/α-hetero) is 1. The highest BCUT2D eigenvalue weighted by atomic mass is 35.5. The number of carbonyl (C=O) groups excluding carboxylic acids is 1. The Hall–Kier alpha value is -2.68. The van der Waals surface area contributed by atoms with Crippen LogP contribution in [0, 0.1) is 16.7 Å². The summed E-state index contributed by atoms with van der Waals surface area (Å²) in [6.07, 6.45) is 0.912. The summed E-state index contributed by atoms with van der Waals surface area (Å²) in [6, 6.07) is 10.8. The van der Waals surface area contributed by atoms with Gasteiger partial charge in [0.05, 0.1) is 16.0 Å². The minimum absolute atomic E-state index is 0.000452. The fourth-order valence-corrected chi connectivity index (χ4v) is 4.31. The molecule has 0 amide bonds. The van der Waals surface area contributed by atoms with Crippen LogP contribution >= 0.6 is 23.2 Å². The molecular weight excluding hydrogens is 411 g/mol. The molecule has 2 aromatic rings. The van der Waals surface area contributed by atoms with Crippen molar-refractivity contribution >= 4 is 29.0 Å². The van der Waals surface area contributed by atoms with Gasteiger partial charge in [-0.25, -0.2) is 0 Å². The van der Waals surface area contributed by atoms with Gasteiger partial charge in [-0.1, -0.05) is 43.1 Å². The number of nitrogens with zero attached hydrogens (tertiary/aromatic N) is 1. The van der Waals surface area contributed by atoms with Crippen molar-refractivity contribution in [2.75, 3.05) is 0 Å². The van der Waals surface area contributed by atoms with Gasteiger partial charge in [-0.15, -0.1) is 0 Å². The highest BCUT2D eigenvalue weighted by molar-refractivity contribution is 6.43. The second-order valence-corrected chi connectivity index (χ2v) is 8.79. The lowest BCUT2D eigenvalue weighted by Crippen LogP contribution is -2.33. The molecule has 148 valence electrons. The van der Waals surface area contributed by atoms with Crippen LogP contribution in [0.15, 0.2) is 57.5 Å². The van der Waals surface area contributed by atoms with Gasteiger partial charge < -0.3 is 14.9 Å².